The van der Waals surface area contributed by atoms with E-state index in [0.29, 0.717) is 17.9 Å². The minimum Gasteiger partial charge on any atom is -0.370 e. The van der Waals surface area contributed by atoms with Crippen LogP contribution in [0.4, 0.5) is 5.82 Å². The van der Waals surface area contributed by atoms with E-state index in [-0.39, 0.29) is 18.4 Å². The van der Waals surface area contributed by atoms with E-state index in [1.54, 1.807) is 18.3 Å². The monoisotopic (exact) mass is 264 g/mol. The van der Waals surface area contributed by atoms with Crippen LogP contribution in [0.15, 0.2) is 18.3 Å². The first-order valence-electron chi connectivity index (χ1n) is 6.42. The third-order valence-electron chi connectivity index (χ3n) is 2.36. The van der Waals surface area contributed by atoms with Gasteiger partial charge in [0.1, 0.15) is 5.82 Å². The van der Waals surface area contributed by atoms with Crippen LogP contribution in [0.1, 0.15) is 30.6 Å². The molecule has 1 aromatic heterocycles. The Bertz CT molecular complexity index is 434. The van der Waals surface area contributed by atoms with Crippen molar-refractivity contribution >= 4 is 17.6 Å². The van der Waals surface area contributed by atoms with E-state index in [1.807, 2.05) is 13.8 Å². The molecule has 0 bridgehead atoms. The topological polar surface area (TPSA) is 83.1 Å². The second kappa shape index (κ2) is 8.07. The van der Waals surface area contributed by atoms with E-state index in [2.05, 4.69) is 20.9 Å². The number of amides is 2. The molecule has 6 nitrogen and oxygen atoms in total. The van der Waals surface area contributed by atoms with Crippen molar-refractivity contribution < 1.29 is 9.59 Å². The van der Waals surface area contributed by atoms with Gasteiger partial charge in [0.2, 0.25) is 5.91 Å². The highest BCUT2D eigenvalue weighted by molar-refractivity contribution is 5.96. The molecule has 6 heteroatoms. The summed E-state index contributed by atoms with van der Waals surface area (Å²) in [6.07, 6.45) is 2.43. The fourth-order valence-electron chi connectivity index (χ4n) is 1.44. The lowest BCUT2D eigenvalue weighted by Gasteiger charge is -2.07. The number of hydrogen-bond donors (Lipinski definition) is 3. The Kier molecular flexibility index (Phi) is 6.35. The summed E-state index contributed by atoms with van der Waals surface area (Å²) < 4.78 is 0. The highest BCUT2D eigenvalue weighted by Gasteiger charge is 2.08. The number of pyridine rings is 1. The molecule has 0 unspecified atom stereocenters. The van der Waals surface area contributed by atoms with Gasteiger partial charge in [0, 0.05) is 24.8 Å². The van der Waals surface area contributed by atoms with Crippen molar-refractivity contribution in [3.05, 3.63) is 23.9 Å². The SMILES string of the molecule is CCCNC(=O)CNC(=O)c1ccnc(NCC)c1. The molecule has 1 aromatic rings. The number of anilines is 1. The Morgan fingerprint density at radius 1 is 1.26 bits per heavy atom. The molecule has 0 aromatic carbocycles. The van der Waals surface area contributed by atoms with Crippen molar-refractivity contribution in [2.75, 3.05) is 25.0 Å². The lowest BCUT2D eigenvalue weighted by atomic mass is 10.2. The van der Waals surface area contributed by atoms with Gasteiger partial charge in [-0.1, -0.05) is 6.92 Å². The molecular formula is C13H20N4O2. The minimum absolute atomic E-state index is 0.0162. The van der Waals surface area contributed by atoms with Crippen LogP contribution in [0.25, 0.3) is 0 Å². The van der Waals surface area contributed by atoms with Crippen LogP contribution in [-0.4, -0.2) is 36.4 Å². The summed E-state index contributed by atoms with van der Waals surface area (Å²) in [5.41, 5.74) is 0.481. The van der Waals surface area contributed by atoms with Crippen LogP contribution in [-0.2, 0) is 4.79 Å². The molecular weight excluding hydrogens is 244 g/mol. The van der Waals surface area contributed by atoms with Gasteiger partial charge in [0.15, 0.2) is 0 Å². The molecule has 0 radical (unpaired) electrons. The number of nitrogens with one attached hydrogen (secondary N) is 3. The van der Waals surface area contributed by atoms with E-state index < -0.39 is 0 Å². The molecule has 0 spiro atoms. The molecule has 0 saturated carbocycles. The van der Waals surface area contributed by atoms with Gasteiger partial charge in [0.05, 0.1) is 6.54 Å². The fourth-order valence-corrected chi connectivity index (χ4v) is 1.44. The van der Waals surface area contributed by atoms with Gasteiger partial charge >= 0.3 is 0 Å². The van der Waals surface area contributed by atoms with Gasteiger partial charge in [-0.05, 0) is 25.5 Å². The molecule has 0 atom stereocenters. The summed E-state index contributed by atoms with van der Waals surface area (Å²) in [6, 6.07) is 3.27. The molecule has 104 valence electrons. The van der Waals surface area contributed by atoms with Crippen molar-refractivity contribution in [1.82, 2.24) is 15.6 Å². The van der Waals surface area contributed by atoms with Crippen molar-refractivity contribution in [3.8, 4) is 0 Å². The molecule has 0 fully saturated rings. The van der Waals surface area contributed by atoms with Crippen LogP contribution in [0.2, 0.25) is 0 Å². The first-order valence-corrected chi connectivity index (χ1v) is 6.42. The predicted octanol–water partition coefficient (Wildman–Crippen LogP) is 0.769. The Hall–Kier alpha value is -2.11. The van der Waals surface area contributed by atoms with Crippen molar-refractivity contribution in [2.45, 2.75) is 20.3 Å². The summed E-state index contributed by atoms with van der Waals surface area (Å²) in [7, 11) is 0. The maximum Gasteiger partial charge on any atom is 0.251 e. The van der Waals surface area contributed by atoms with Gasteiger partial charge in [-0.25, -0.2) is 4.98 Å². The average molecular weight is 264 g/mol. The van der Waals surface area contributed by atoms with Crippen LogP contribution in [0.5, 0.6) is 0 Å². The first kappa shape index (κ1) is 14.9. The Morgan fingerprint density at radius 2 is 2.05 bits per heavy atom. The molecule has 1 rings (SSSR count). The largest absolute Gasteiger partial charge is 0.370 e. The van der Waals surface area contributed by atoms with E-state index in [1.165, 1.54) is 0 Å². The smallest absolute Gasteiger partial charge is 0.251 e. The first-order chi connectivity index (χ1) is 9.17. The van der Waals surface area contributed by atoms with Crippen molar-refractivity contribution in [3.63, 3.8) is 0 Å². The van der Waals surface area contributed by atoms with E-state index in [9.17, 15) is 9.59 Å². The van der Waals surface area contributed by atoms with Gasteiger partial charge in [-0.15, -0.1) is 0 Å². The number of carbonyl (C=O) groups is 2. The van der Waals surface area contributed by atoms with Gasteiger partial charge in [-0.2, -0.15) is 0 Å². The Balaban J connectivity index is 2.49. The summed E-state index contributed by atoms with van der Waals surface area (Å²) in [6.45, 7) is 5.26. The molecule has 19 heavy (non-hydrogen) atoms. The summed E-state index contributed by atoms with van der Waals surface area (Å²) in [4.78, 5) is 27.3. The zero-order valence-electron chi connectivity index (χ0n) is 11.3. The zero-order chi connectivity index (χ0) is 14.1. The molecule has 0 aliphatic carbocycles. The normalized spacial score (nSPS) is 9.79. The van der Waals surface area contributed by atoms with Crippen LogP contribution in [0.3, 0.4) is 0 Å². The van der Waals surface area contributed by atoms with Crippen LogP contribution < -0.4 is 16.0 Å². The van der Waals surface area contributed by atoms with E-state index >= 15 is 0 Å². The lowest BCUT2D eigenvalue weighted by molar-refractivity contribution is -0.120. The predicted molar refractivity (Wildman–Crippen MR) is 74.0 cm³/mol. The summed E-state index contributed by atoms with van der Waals surface area (Å²) in [5.74, 6) is 0.176. The van der Waals surface area contributed by atoms with Gasteiger partial charge in [-0.3, -0.25) is 9.59 Å². The van der Waals surface area contributed by atoms with Crippen LogP contribution >= 0.6 is 0 Å². The average Bonchev–Trinajstić information content (AvgIpc) is 2.43. The maximum absolute atomic E-state index is 11.8. The number of nitrogens with zero attached hydrogens (tertiary/aromatic N) is 1. The number of hydrogen-bond acceptors (Lipinski definition) is 4. The zero-order valence-corrected chi connectivity index (χ0v) is 11.3. The molecule has 2 amide bonds. The van der Waals surface area contributed by atoms with Gasteiger partial charge in [0.25, 0.3) is 5.91 Å². The quantitative estimate of drug-likeness (QED) is 0.679. The van der Waals surface area contributed by atoms with E-state index in [4.69, 9.17) is 0 Å². The molecule has 1 heterocycles. The van der Waals surface area contributed by atoms with Crippen molar-refractivity contribution in [1.29, 1.82) is 0 Å². The maximum atomic E-state index is 11.8. The molecule has 0 aliphatic rings. The standard InChI is InChI=1S/C13H20N4O2/c1-3-6-16-12(18)9-17-13(19)10-5-7-15-11(8-10)14-4-2/h5,7-8H,3-4,6,9H2,1-2H3,(H,14,15)(H,16,18)(H,17,19). The van der Waals surface area contributed by atoms with Crippen LogP contribution in [0, 0.1) is 0 Å². The summed E-state index contributed by atoms with van der Waals surface area (Å²) >= 11 is 0. The third kappa shape index (κ3) is 5.37. The number of carbonyl (C=O) groups excluding carboxylic acids is 2. The molecule has 0 saturated heterocycles. The Labute approximate surface area is 113 Å². The van der Waals surface area contributed by atoms with E-state index in [0.717, 1.165) is 13.0 Å². The fraction of sp³-hybridized carbons (Fsp3) is 0.462. The number of rotatable bonds is 7. The third-order valence-corrected chi connectivity index (χ3v) is 2.36. The van der Waals surface area contributed by atoms with Gasteiger partial charge < -0.3 is 16.0 Å². The second-order valence-electron chi connectivity index (χ2n) is 3.99. The Morgan fingerprint density at radius 3 is 2.74 bits per heavy atom. The summed E-state index contributed by atoms with van der Waals surface area (Å²) in [5, 5.41) is 8.29. The second-order valence-corrected chi connectivity index (χ2v) is 3.99. The highest BCUT2D eigenvalue weighted by atomic mass is 16.2. The highest BCUT2D eigenvalue weighted by Crippen LogP contribution is 2.06. The minimum atomic E-state index is -0.284. The molecule has 3 N–H and O–H groups in total. The van der Waals surface area contributed by atoms with Crippen molar-refractivity contribution in [2.24, 2.45) is 0 Å². The molecule has 0 aliphatic heterocycles. The lowest BCUT2D eigenvalue weighted by Crippen LogP contribution is -2.37. The number of aromatic nitrogens is 1.